The van der Waals surface area contributed by atoms with Crippen LogP contribution >= 0.6 is 0 Å². The van der Waals surface area contributed by atoms with Gasteiger partial charge in [0.25, 0.3) is 0 Å². The van der Waals surface area contributed by atoms with Gasteiger partial charge in [-0.2, -0.15) is 8.78 Å². The predicted molar refractivity (Wildman–Crippen MR) is 142 cm³/mol. The Morgan fingerprint density at radius 3 is 2.23 bits per heavy atom. The Hall–Kier alpha value is -3.82. The summed E-state index contributed by atoms with van der Waals surface area (Å²) >= 11 is 0. The van der Waals surface area contributed by atoms with E-state index in [1.807, 2.05) is 19.9 Å². The van der Waals surface area contributed by atoms with Crippen LogP contribution in [0.1, 0.15) is 57.6 Å². The molecule has 0 saturated carbocycles. The lowest BCUT2D eigenvalue weighted by Crippen LogP contribution is -2.58. The van der Waals surface area contributed by atoms with E-state index in [1.54, 1.807) is 36.4 Å². The number of anilines is 1. The van der Waals surface area contributed by atoms with Crippen molar-refractivity contribution >= 4 is 29.4 Å². The van der Waals surface area contributed by atoms with Crippen LogP contribution in [0.5, 0.6) is 0 Å². The molecule has 2 unspecified atom stereocenters. The van der Waals surface area contributed by atoms with E-state index in [4.69, 9.17) is 4.74 Å². The number of Topliss-reactive ketones (excluding diaryl/α,β-unsaturated/α-hetero) is 1. The van der Waals surface area contributed by atoms with Crippen LogP contribution < -0.4 is 10.6 Å². The molecule has 2 N–H and O–H groups in total. The molecule has 210 valence electrons. The minimum absolute atomic E-state index is 0.0130. The van der Waals surface area contributed by atoms with Gasteiger partial charge in [-0.25, -0.2) is 4.79 Å². The van der Waals surface area contributed by atoms with Crippen molar-refractivity contribution < 1.29 is 32.7 Å². The van der Waals surface area contributed by atoms with Gasteiger partial charge < -0.3 is 15.4 Å². The predicted octanol–water partition coefficient (Wildman–Crippen LogP) is 4.89. The molecule has 0 aliphatic carbocycles. The summed E-state index contributed by atoms with van der Waals surface area (Å²) in [5.41, 5.74) is 1.86. The van der Waals surface area contributed by atoms with Crippen LogP contribution in [0.2, 0.25) is 0 Å². The summed E-state index contributed by atoms with van der Waals surface area (Å²) in [6.45, 7) is 7.18. The average Bonchev–Trinajstić information content (AvgIpc) is 3.41. The molecule has 1 aliphatic heterocycles. The average molecular weight is 544 g/mol. The fourth-order valence-electron chi connectivity index (χ4n) is 4.31. The highest BCUT2D eigenvalue weighted by atomic mass is 19.3. The quantitative estimate of drug-likeness (QED) is 0.415. The lowest BCUT2D eigenvalue weighted by Gasteiger charge is -2.28. The van der Waals surface area contributed by atoms with Gasteiger partial charge >= 0.3 is 17.9 Å². The minimum Gasteiger partial charge on any atom is -0.445 e. The molecule has 2 aromatic rings. The fourth-order valence-corrected chi connectivity index (χ4v) is 4.31. The summed E-state index contributed by atoms with van der Waals surface area (Å²) in [6.07, 6.45) is 0.0822. The molecule has 10 heteroatoms. The van der Waals surface area contributed by atoms with E-state index < -0.39 is 47.6 Å². The van der Waals surface area contributed by atoms with Crippen LogP contribution in [-0.4, -0.2) is 53.1 Å². The van der Waals surface area contributed by atoms with Gasteiger partial charge in [0.2, 0.25) is 11.7 Å². The largest absolute Gasteiger partial charge is 0.445 e. The second kappa shape index (κ2) is 12.8. The van der Waals surface area contributed by atoms with E-state index in [0.717, 1.165) is 11.1 Å². The van der Waals surface area contributed by atoms with Gasteiger partial charge in [0.05, 0.1) is 6.04 Å². The van der Waals surface area contributed by atoms with Gasteiger partial charge in [-0.1, -0.05) is 70.2 Å². The van der Waals surface area contributed by atoms with Crippen molar-refractivity contribution in [2.75, 3.05) is 11.9 Å². The molecule has 1 fully saturated rings. The van der Waals surface area contributed by atoms with E-state index >= 15 is 8.78 Å². The number of halogens is 2. The van der Waals surface area contributed by atoms with Crippen molar-refractivity contribution in [2.45, 2.75) is 71.1 Å². The molecule has 0 bridgehead atoms. The molecule has 1 aliphatic rings. The fraction of sp³-hybridized carbons (Fsp3) is 0.448. The van der Waals surface area contributed by atoms with Crippen LogP contribution in [0.3, 0.4) is 0 Å². The summed E-state index contributed by atoms with van der Waals surface area (Å²) < 4.78 is 35.3. The number of amides is 3. The Morgan fingerprint density at radius 2 is 1.64 bits per heavy atom. The maximum atomic E-state index is 15.0. The molecule has 39 heavy (non-hydrogen) atoms. The number of benzene rings is 2. The highest BCUT2D eigenvalue weighted by molar-refractivity contribution is 6.15. The first kappa shape index (κ1) is 29.7. The third-order valence-electron chi connectivity index (χ3n) is 6.67. The van der Waals surface area contributed by atoms with E-state index in [1.165, 1.54) is 30.9 Å². The number of hydrogen-bond acceptors (Lipinski definition) is 5. The maximum Gasteiger partial charge on any atom is 0.410 e. The summed E-state index contributed by atoms with van der Waals surface area (Å²) in [7, 11) is 0. The summed E-state index contributed by atoms with van der Waals surface area (Å²) in [6, 6.07) is 12.8. The Balaban J connectivity index is 1.65. The first-order chi connectivity index (χ1) is 18.4. The van der Waals surface area contributed by atoms with Gasteiger partial charge in [0.15, 0.2) is 0 Å². The molecule has 0 aromatic heterocycles. The van der Waals surface area contributed by atoms with Crippen LogP contribution in [0.4, 0.5) is 19.3 Å². The van der Waals surface area contributed by atoms with E-state index in [0.29, 0.717) is 6.42 Å². The number of likely N-dealkylation sites (tertiary alicyclic amines) is 1. The number of ketones is 1. The normalized spacial score (nSPS) is 16.2. The number of carbonyl (C=O) groups excluding carboxylic acids is 4. The van der Waals surface area contributed by atoms with Crippen molar-refractivity contribution in [3.63, 3.8) is 0 Å². The number of nitrogens with one attached hydrogen (secondary N) is 2. The molecule has 3 amide bonds. The highest BCUT2D eigenvalue weighted by Crippen LogP contribution is 2.25. The Labute approximate surface area is 227 Å². The summed E-state index contributed by atoms with van der Waals surface area (Å²) in [4.78, 5) is 52.3. The first-order valence-electron chi connectivity index (χ1n) is 13.0. The van der Waals surface area contributed by atoms with Crippen molar-refractivity contribution in [1.82, 2.24) is 10.2 Å². The monoisotopic (exact) mass is 543 g/mol. The molecule has 0 spiro atoms. The Bertz CT molecular complexity index is 1170. The lowest BCUT2D eigenvalue weighted by molar-refractivity contribution is -0.158. The third kappa shape index (κ3) is 7.40. The van der Waals surface area contributed by atoms with E-state index in [2.05, 4.69) is 10.6 Å². The minimum atomic E-state index is -4.40. The second-order valence-corrected chi connectivity index (χ2v) is 10.3. The van der Waals surface area contributed by atoms with Crippen LogP contribution in [0, 0.1) is 5.92 Å². The number of hydrogen-bond donors (Lipinski definition) is 2. The molecular formula is C29H35F2N3O5. The number of carbonyl (C=O) groups is 4. The van der Waals surface area contributed by atoms with Gasteiger partial charge in [-0.15, -0.1) is 0 Å². The zero-order chi connectivity index (χ0) is 28.7. The first-order valence-corrected chi connectivity index (χ1v) is 13.0. The van der Waals surface area contributed by atoms with Crippen LogP contribution in [0.25, 0.3) is 0 Å². The zero-order valence-corrected chi connectivity index (χ0v) is 22.6. The molecule has 2 atom stereocenters. The summed E-state index contributed by atoms with van der Waals surface area (Å²) in [5.74, 6) is -9.19. The third-order valence-corrected chi connectivity index (χ3v) is 6.67. The molecule has 3 rings (SSSR count). The van der Waals surface area contributed by atoms with Crippen LogP contribution in [-0.2, 0) is 25.7 Å². The highest BCUT2D eigenvalue weighted by Gasteiger charge is 2.51. The molecule has 2 aromatic carbocycles. The van der Waals surface area contributed by atoms with Gasteiger partial charge in [-0.05, 0) is 47.9 Å². The Morgan fingerprint density at radius 1 is 1.00 bits per heavy atom. The maximum absolute atomic E-state index is 15.0. The van der Waals surface area contributed by atoms with E-state index in [-0.39, 0.29) is 31.2 Å². The summed E-state index contributed by atoms with van der Waals surface area (Å²) in [5, 5.41) is 4.45. The lowest BCUT2D eigenvalue weighted by atomic mass is 9.94. The van der Waals surface area contributed by atoms with Crippen LogP contribution in [0.15, 0.2) is 54.6 Å². The van der Waals surface area contributed by atoms with E-state index in [9.17, 15) is 19.2 Å². The van der Waals surface area contributed by atoms with Gasteiger partial charge in [0, 0.05) is 12.2 Å². The second-order valence-electron chi connectivity index (χ2n) is 10.3. The molecule has 1 saturated heterocycles. The smallest absolute Gasteiger partial charge is 0.410 e. The topological polar surface area (TPSA) is 105 Å². The Kier molecular flexibility index (Phi) is 9.77. The molecule has 1 heterocycles. The molecule has 8 nitrogen and oxygen atoms in total. The van der Waals surface area contributed by atoms with Crippen molar-refractivity contribution in [3.8, 4) is 0 Å². The van der Waals surface area contributed by atoms with Crippen molar-refractivity contribution in [3.05, 3.63) is 65.7 Å². The molecule has 0 radical (unpaired) electrons. The number of nitrogens with zero attached hydrogens (tertiary/aromatic N) is 1. The number of rotatable bonds is 10. The number of ether oxygens (including phenoxy) is 1. The van der Waals surface area contributed by atoms with Gasteiger partial charge in [-0.3, -0.25) is 19.3 Å². The van der Waals surface area contributed by atoms with Crippen molar-refractivity contribution in [2.24, 2.45) is 5.92 Å². The SMILES string of the molecule is CC(C)c1ccc(NC(=O)C(F)(F)C(=O)C(NC(=O)C2CCCN2C(=O)OCc2ccccc2)C(C)C)cc1. The zero-order valence-electron chi connectivity index (χ0n) is 22.6. The van der Waals surface area contributed by atoms with Crippen molar-refractivity contribution in [1.29, 1.82) is 0 Å². The standard InChI is InChI=1S/C29H35F2N3O5/c1-18(2)21-12-14-22(15-13-21)32-27(37)29(30,31)25(35)24(19(3)4)33-26(36)23-11-8-16-34(23)28(38)39-17-20-9-6-5-7-10-20/h5-7,9-10,12-15,18-19,23-24H,8,11,16-17H2,1-4H3,(H,32,37)(H,33,36). The van der Waals surface area contributed by atoms with Gasteiger partial charge in [0.1, 0.15) is 12.6 Å². The number of alkyl halides is 2. The molecular weight excluding hydrogens is 508 g/mol.